The van der Waals surface area contributed by atoms with E-state index in [0.29, 0.717) is 0 Å². The molecule has 1 aromatic heterocycles. The number of aromatic amines is 1. The number of nitrogens with zero attached hydrogens (tertiary/aromatic N) is 2. The summed E-state index contributed by atoms with van der Waals surface area (Å²) in [5, 5.41) is 3.64. The molecule has 0 atom stereocenters. The van der Waals surface area contributed by atoms with E-state index in [1.54, 1.807) is 0 Å². The first-order valence-corrected chi connectivity index (χ1v) is 8.44. The minimum Gasteiger partial charge on any atom is -0.379 e. The van der Waals surface area contributed by atoms with Gasteiger partial charge in [-0.1, -0.05) is 6.07 Å². The lowest BCUT2D eigenvalue weighted by Crippen LogP contribution is -2.51. The largest absolute Gasteiger partial charge is 0.379 e. The highest BCUT2D eigenvalue weighted by Crippen LogP contribution is 2.19. The van der Waals surface area contributed by atoms with Crippen LogP contribution in [0.5, 0.6) is 0 Å². The monoisotopic (exact) mass is 316 g/mol. The second-order valence-corrected chi connectivity index (χ2v) is 7.21. The van der Waals surface area contributed by atoms with Crippen molar-refractivity contribution in [3.05, 3.63) is 29.1 Å². The summed E-state index contributed by atoms with van der Waals surface area (Å²) in [7, 11) is 0. The lowest BCUT2D eigenvalue weighted by atomic mass is 10.0. The molecule has 0 aliphatic carbocycles. The van der Waals surface area contributed by atoms with Gasteiger partial charge in [-0.3, -0.25) is 4.90 Å². The third-order valence-corrected chi connectivity index (χ3v) is 4.68. The van der Waals surface area contributed by atoms with Crippen LogP contribution in [0.3, 0.4) is 0 Å². The molecule has 0 radical (unpaired) electrons. The molecule has 23 heavy (non-hydrogen) atoms. The van der Waals surface area contributed by atoms with Crippen LogP contribution in [0.1, 0.15) is 30.8 Å². The van der Waals surface area contributed by atoms with Gasteiger partial charge >= 0.3 is 0 Å². The second-order valence-electron chi connectivity index (χ2n) is 7.21. The van der Waals surface area contributed by atoms with E-state index in [4.69, 9.17) is 9.72 Å². The Balaban J connectivity index is 1.63. The molecule has 0 unspecified atom stereocenters. The van der Waals surface area contributed by atoms with E-state index in [1.807, 2.05) is 0 Å². The quantitative estimate of drug-likeness (QED) is 0.889. The summed E-state index contributed by atoms with van der Waals surface area (Å²) >= 11 is 0. The number of hydrogen-bond acceptors (Lipinski definition) is 4. The van der Waals surface area contributed by atoms with Crippen molar-refractivity contribution in [1.29, 1.82) is 0 Å². The summed E-state index contributed by atoms with van der Waals surface area (Å²) in [6.45, 7) is 14.3. The van der Waals surface area contributed by atoms with Crippen LogP contribution in [-0.4, -0.2) is 53.3 Å². The number of aryl methyl sites for hydroxylation is 2. The standard InChI is InChI=1S/C18H28N4O/c1-13-5-6-15-17(14(13)2)21-16(20-15)11-19-18(3,4)12-22-7-9-23-10-8-22/h5-6,19H,7-12H2,1-4H3,(H,20,21). The van der Waals surface area contributed by atoms with Gasteiger partial charge in [-0.05, 0) is 44.9 Å². The van der Waals surface area contributed by atoms with Crippen LogP contribution in [0.15, 0.2) is 12.1 Å². The maximum atomic E-state index is 5.42. The summed E-state index contributed by atoms with van der Waals surface area (Å²) in [6, 6.07) is 4.27. The third kappa shape index (κ3) is 3.91. The van der Waals surface area contributed by atoms with Gasteiger partial charge in [-0.15, -0.1) is 0 Å². The number of morpholine rings is 1. The predicted molar refractivity (Wildman–Crippen MR) is 93.7 cm³/mol. The smallest absolute Gasteiger partial charge is 0.121 e. The Morgan fingerprint density at radius 3 is 2.74 bits per heavy atom. The number of imidazole rings is 1. The molecule has 1 aliphatic rings. The Kier molecular flexibility index (Phi) is 4.71. The van der Waals surface area contributed by atoms with Gasteiger partial charge in [0.15, 0.2) is 0 Å². The zero-order chi connectivity index (χ0) is 16.4. The zero-order valence-electron chi connectivity index (χ0n) is 14.7. The van der Waals surface area contributed by atoms with Crippen molar-refractivity contribution < 1.29 is 4.74 Å². The van der Waals surface area contributed by atoms with E-state index >= 15 is 0 Å². The van der Waals surface area contributed by atoms with Crippen molar-refractivity contribution >= 4 is 11.0 Å². The minimum absolute atomic E-state index is 0.0429. The number of benzene rings is 1. The van der Waals surface area contributed by atoms with E-state index < -0.39 is 0 Å². The van der Waals surface area contributed by atoms with Crippen LogP contribution in [0.4, 0.5) is 0 Å². The number of ether oxygens (including phenoxy) is 1. The number of nitrogens with one attached hydrogen (secondary N) is 2. The van der Waals surface area contributed by atoms with Crippen LogP contribution < -0.4 is 5.32 Å². The first kappa shape index (κ1) is 16.4. The highest BCUT2D eigenvalue weighted by Gasteiger charge is 2.23. The van der Waals surface area contributed by atoms with Gasteiger partial charge in [0, 0.05) is 25.2 Å². The Bertz CT molecular complexity index is 671. The van der Waals surface area contributed by atoms with Crippen LogP contribution in [0.25, 0.3) is 11.0 Å². The lowest BCUT2D eigenvalue weighted by Gasteiger charge is -2.35. The van der Waals surface area contributed by atoms with Gasteiger partial charge in [0.1, 0.15) is 5.82 Å². The Morgan fingerprint density at radius 1 is 1.26 bits per heavy atom. The van der Waals surface area contributed by atoms with Crippen LogP contribution in [0, 0.1) is 13.8 Å². The maximum absolute atomic E-state index is 5.42. The molecule has 2 aromatic rings. The molecular weight excluding hydrogens is 288 g/mol. The first-order valence-electron chi connectivity index (χ1n) is 8.44. The van der Waals surface area contributed by atoms with E-state index in [-0.39, 0.29) is 5.54 Å². The molecule has 126 valence electrons. The molecule has 0 saturated carbocycles. The van der Waals surface area contributed by atoms with Gasteiger partial charge in [0.25, 0.3) is 0 Å². The normalized spacial score (nSPS) is 17.0. The highest BCUT2D eigenvalue weighted by atomic mass is 16.5. The van der Waals surface area contributed by atoms with E-state index in [0.717, 1.165) is 56.3 Å². The molecule has 0 bridgehead atoms. The van der Waals surface area contributed by atoms with Crippen LogP contribution in [-0.2, 0) is 11.3 Å². The SMILES string of the molecule is Cc1ccc2[nH]c(CNC(C)(C)CN3CCOCC3)nc2c1C. The summed E-state index contributed by atoms with van der Waals surface area (Å²) in [5.41, 5.74) is 4.80. The molecule has 5 nitrogen and oxygen atoms in total. The average Bonchev–Trinajstić information content (AvgIpc) is 2.94. The average molecular weight is 316 g/mol. The first-order chi connectivity index (χ1) is 10.9. The summed E-state index contributed by atoms with van der Waals surface area (Å²) < 4.78 is 5.42. The number of aromatic nitrogens is 2. The van der Waals surface area contributed by atoms with Crippen molar-refractivity contribution in [1.82, 2.24) is 20.2 Å². The van der Waals surface area contributed by atoms with Crippen molar-refractivity contribution in [2.24, 2.45) is 0 Å². The minimum atomic E-state index is 0.0429. The topological polar surface area (TPSA) is 53.2 Å². The number of H-pyrrole nitrogens is 1. The van der Waals surface area contributed by atoms with E-state index in [1.165, 1.54) is 11.1 Å². The third-order valence-electron chi connectivity index (χ3n) is 4.68. The zero-order valence-corrected chi connectivity index (χ0v) is 14.7. The van der Waals surface area contributed by atoms with Crippen molar-refractivity contribution in [2.75, 3.05) is 32.8 Å². The lowest BCUT2D eigenvalue weighted by molar-refractivity contribution is 0.0268. The molecule has 2 N–H and O–H groups in total. The molecule has 5 heteroatoms. The molecule has 3 rings (SSSR count). The molecule has 1 fully saturated rings. The van der Waals surface area contributed by atoms with Crippen molar-refractivity contribution in [3.63, 3.8) is 0 Å². The fourth-order valence-corrected chi connectivity index (χ4v) is 3.15. The van der Waals surface area contributed by atoms with Gasteiger partial charge in [0.2, 0.25) is 0 Å². The molecule has 1 aliphatic heterocycles. The van der Waals surface area contributed by atoms with E-state index in [9.17, 15) is 0 Å². The number of fused-ring (bicyclic) bond motifs is 1. The molecular formula is C18H28N4O. The molecule has 1 aromatic carbocycles. The molecule has 0 amide bonds. The van der Waals surface area contributed by atoms with Gasteiger partial charge in [-0.25, -0.2) is 4.98 Å². The Labute approximate surface area is 138 Å². The summed E-state index contributed by atoms with van der Waals surface area (Å²) in [4.78, 5) is 10.7. The highest BCUT2D eigenvalue weighted by molar-refractivity contribution is 5.79. The van der Waals surface area contributed by atoms with Gasteiger partial charge < -0.3 is 15.0 Å². The molecule has 1 saturated heterocycles. The van der Waals surface area contributed by atoms with Gasteiger partial charge in [0.05, 0.1) is 30.8 Å². The predicted octanol–water partition coefficient (Wildman–Crippen LogP) is 2.38. The fraction of sp³-hybridized carbons (Fsp3) is 0.611. The van der Waals surface area contributed by atoms with Crippen molar-refractivity contribution in [2.45, 2.75) is 39.8 Å². The fourth-order valence-electron chi connectivity index (χ4n) is 3.15. The van der Waals surface area contributed by atoms with Gasteiger partial charge in [-0.2, -0.15) is 0 Å². The van der Waals surface area contributed by atoms with Crippen molar-refractivity contribution in [3.8, 4) is 0 Å². The summed E-state index contributed by atoms with van der Waals surface area (Å²) in [6.07, 6.45) is 0. The molecule has 2 heterocycles. The van der Waals surface area contributed by atoms with Crippen LogP contribution >= 0.6 is 0 Å². The van der Waals surface area contributed by atoms with Crippen LogP contribution in [0.2, 0.25) is 0 Å². The summed E-state index contributed by atoms with van der Waals surface area (Å²) in [5.74, 6) is 1.00. The second kappa shape index (κ2) is 6.59. The maximum Gasteiger partial charge on any atom is 0.121 e. The number of rotatable bonds is 5. The Morgan fingerprint density at radius 2 is 2.00 bits per heavy atom. The van der Waals surface area contributed by atoms with E-state index in [2.05, 4.69) is 55.0 Å². The Hall–Kier alpha value is -1.43. The number of hydrogen-bond donors (Lipinski definition) is 2. The molecule has 0 spiro atoms.